The zero-order chi connectivity index (χ0) is 15.1. The van der Waals surface area contributed by atoms with Crippen molar-refractivity contribution in [1.82, 2.24) is 4.90 Å². The molecule has 21 heavy (non-hydrogen) atoms. The van der Waals surface area contributed by atoms with Crippen LogP contribution in [0.15, 0.2) is 30.3 Å². The SMILES string of the molecule is CN(CCc1ccccc1)C(=O)C(N)CC1CCCCC1. The number of benzene rings is 1. The molecule has 1 amide bonds. The summed E-state index contributed by atoms with van der Waals surface area (Å²) in [7, 11) is 1.87. The second kappa shape index (κ2) is 8.18. The summed E-state index contributed by atoms with van der Waals surface area (Å²) in [5.41, 5.74) is 7.39. The van der Waals surface area contributed by atoms with E-state index in [9.17, 15) is 4.79 Å². The molecule has 3 heteroatoms. The highest BCUT2D eigenvalue weighted by molar-refractivity contribution is 5.81. The maximum Gasteiger partial charge on any atom is 0.239 e. The molecule has 1 aliphatic carbocycles. The van der Waals surface area contributed by atoms with Gasteiger partial charge in [0.2, 0.25) is 5.91 Å². The summed E-state index contributed by atoms with van der Waals surface area (Å²) in [4.78, 5) is 14.1. The fraction of sp³-hybridized carbons (Fsp3) is 0.611. The van der Waals surface area contributed by atoms with Gasteiger partial charge in [0.1, 0.15) is 0 Å². The quantitative estimate of drug-likeness (QED) is 0.874. The Bertz CT molecular complexity index is 426. The van der Waals surface area contributed by atoms with Gasteiger partial charge in [0.05, 0.1) is 6.04 Å². The Hall–Kier alpha value is -1.35. The molecule has 0 spiro atoms. The average Bonchev–Trinajstić information content (AvgIpc) is 2.53. The highest BCUT2D eigenvalue weighted by atomic mass is 16.2. The number of carbonyl (C=O) groups is 1. The molecule has 1 aromatic carbocycles. The highest BCUT2D eigenvalue weighted by Crippen LogP contribution is 2.27. The number of likely N-dealkylation sites (N-methyl/N-ethyl adjacent to an activating group) is 1. The monoisotopic (exact) mass is 288 g/mol. The lowest BCUT2D eigenvalue weighted by molar-refractivity contribution is -0.131. The summed E-state index contributed by atoms with van der Waals surface area (Å²) in [6.45, 7) is 0.737. The van der Waals surface area contributed by atoms with Crippen LogP contribution in [-0.4, -0.2) is 30.4 Å². The van der Waals surface area contributed by atoms with Crippen molar-refractivity contribution in [1.29, 1.82) is 0 Å². The van der Waals surface area contributed by atoms with Crippen LogP contribution in [0.4, 0.5) is 0 Å². The van der Waals surface area contributed by atoms with Gasteiger partial charge in [-0.1, -0.05) is 62.4 Å². The number of nitrogens with zero attached hydrogens (tertiary/aromatic N) is 1. The minimum absolute atomic E-state index is 0.0940. The third kappa shape index (κ3) is 5.16. The Morgan fingerprint density at radius 2 is 1.90 bits per heavy atom. The summed E-state index contributed by atoms with van der Waals surface area (Å²) in [6.07, 6.45) is 8.18. The smallest absolute Gasteiger partial charge is 0.239 e. The Balaban J connectivity index is 1.75. The van der Waals surface area contributed by atoms with Crippen LogP contribution in [0.1, 0.15) is 44.1 Å². The molecule has 0 bridgehead atoms. The predicted octanol–water partition coefficient (Wildman–Crippen LogP) is 2.99. The number of hydrogen-bond donors (Lipinski definition) is 1. The van der Waals surface area contributed by atoms with Crippen molar-refractivity contribution in [2.24, 2.45) is 11.7 Å². The van der Waals surface area contributed by atoms with Crippen LogP contribution in [0.25, 0.3) is 0 Å². The van der Waals surface area contributed by atoms with Gasteiger partial charge in [-0.05, 0) is 24.3 Å². The maximum absolute atomic E-state index is 12.3. The molecule has 1 aromatic rings. The minimum Gasteiger partial charge on any atom is -0.344 e. The van der Waals surface area contributed by atoms with Gasteiger partial charge in [-0.3, -0.25) is 4.79 Å². The zero-order valence-corrected chi connectivity index (χ0v) is 13.1. The molecule has 0 radical (unpaired) electrons. The molecule has 1 aliphatic rings. The van der Waals surface area contributed by atoms with Crippen LogP contribution in [0.3, 0.4) is 0 Å². The highest BCUT2D eigenvalue weighted by Gasteiger charge is 2.23. The van der Waals surface area contributed by atoms with Gasteiger partial charge in [-0.25, -0.2) is 0 Å². The molecule has 1 fully saturated rings. The standard InChI is InChI=1S/C18H28N2O/c1-20(13-12-15-8-4-2-5-9-15)18(21)17(19)14-16-10-6-3-7-11-16/h2,4-5,8-9,16-17H,3,6-7,10-14,19H2,1H3. The first-order valence-corrected chi connectivity index (χ1v) is 8.21. The maximum atomic E-state index is 12.3. The van der Waals surface area contributed by atoms with Crippen LogP contribution < -0.4 is 5.73 Å². The van der Waals surface area contributed by atoms with Crippen molar-refractivity contribution in [3.05, 3.63) is 35.9 Å². The lowest BCUT2D eigenvalue weighted by Crippen LogP contribution is -2.43. The molecule has 2 N–H and O–H groups in total. The van der Waals surface area contributed by atoms with E-state index in [-0.39, 0.29) is 11.9 Å². The van der Waals surface area contributed by atoms with E-state index in [1.54, 1.807) is 4.90 Å². The minimum atomic E-state index is -0.325. The third-order valence-electron chi connectivity index (χ3n) is 4.58. The fourth-order valence-electron chi connectivity index (χ4n) is 3.22. The van der Waals surface area contributed by atoms with Crippen LogP contribution in [0.2, 0.25) is 0 Å². The summed E-state index contributed by atoms with van der Waals surface area (Å²) >= 11 is 0. The van der Waals surface area contributed by atoms with Crippen LogP contribution in [0.5, 0.6) is 0 Å². The summed E-state index contributed by atoms with van der Waals surface area (Å²) < 4.78 is 0. The summed E-state index contributed by atoms with van der Waals surface area (Å²) in [5.74, 6) is 0.747. The molecule has 3 nitrogen and oxygen atoms in total. The number of hydrogen-bond acceptors (Lipinski definition) is 2. The third-order valence-corrected chi connectivity index (χ3v) is 4.58. The van der Waals surface area contributed by atoms with Crippen LogP contribution in [-0.2, 0) is 11.2 Å². The van der Waals surface area contributed by atoms with Crippen molar-refractivity contribution in [2.75, 3.05) is 13.6 Å². The molecule has 0 aliphatic heterocycles. The van der Waals surface area contributed by atoms with E-state index in [0.29, 0.717) is 5.92 Å². The van der Waals surface area contributed by atoms with E-state index >= 15 is 0 Å². The van der Waals surface area contributed by atoms with E-state index in [1.807, 2.05) is 25.2 Å². The summed E-state index contributed by atoms with van der Waals surface area (Å²) in [6, 6.07) is 9.95. The first kappa shape index (κ1) is 16.0. The Labute approximate surface area is 128 Å². The first-order chi connectivity index (χ1) is 10.2. The Morgan fingerprint density at radius 1 is 1.24 bits per heavy atom. The van der Waals surface area contributed by atoms with Crippen molar-refractivity contribution in [2.45, 2.75) is 51.0 Å². The van der Waals surface area contributed by atoms with Gasteiger partial charge in [0.15, 0.2) is 0 Å². The van der Waals surface area contributed by atoms with Crippen molar-refractivity contribution in [3.8, 4) is 0 Å². The number of rotatable bonds is 6. The van der Waals surface area contributed by atoms with Gasteiger partial charge in [-0.15, -0.1) is 0 Å². The zero-order valence-electron chi connectivity index (χ0n) is 13.1. The second-order valence-corrected chi connectivity index (χ2v) is 6.34. The molecule has 1 atom stereocenters. The molecule has 0 heterocycles. The fourth-order valence-corrected chi connectivity index (χ4v) is 3.22. The van der Waals surface area contributed by atoms with Gasteiger partial charge in [0.25, 0.3) is 0 Å². The second-order valence-electron chi connectivity index (χ2n) is 6.34. The Kier molecular flexibility index (Phi) is 6.24. The Morgan fingerprint density at radius 3 is 2.57 bits per heavy atom. The number of nitrogens with two attached hydrogens (primary N) is 1. The van der Waals surface area contributed by atoms with Gasteiger partial charge in [0, 0.05) is 13.6 Å². The van der Waals surface area contributed by atoms with E-state index in [4.69, 9.17) is 5.73 Å². The molecule has 1 unspecified atom stereocenters. The van der Waals surface area contributed by atoms with Crippen LogP contribution >= 0.6 is 0 Å². The van der Waals surface area contributed by atoms with Crippen molar-refractivity contribution >= 4 is 5.91 Å². The summed E-state index contributed by atoms with van der Waals surface area (Å²) in [5, 5.41) is 0. The van der Waals surface area contributed by atoms with E-state index in [2.05, 4.69) is 12.1 Å². The van der Waals surface area contributed by atoms with E-state index < -0.39 is 0 Å². The normalized spacial score (nSPS) is 17.4. The first-order valence-electron chi connectivity index (χ1n) is 8.21. The average molecular weight is 288 g/mol. The van der Waals surface area contributed by atoms with Gasteiger partial charge in [-0.2, -0.15) is 0 Å². The molecular formula is C18H28N2O. The molecule has 0 aromatic heterocycles. The molecule has 116 valence electrons. The van der Waals surface area contributed by atoms with Crippen LogP contribution in [0, 0.1) is 5.92 Å². The molecule has 2 rings (SSSR count). The lowest BCUT2D eigenvalue weighted by atomic mass is 9.85. The van der Waals surface area contributed by atoms with Gasteiger partial charge < -0.3 is 10.6 Å². The van der Waals surface area contributed by atoms with Gasteiger partial charge >= 0.3 is 0 Å². The predicted molar refractivity (Wildman–Crippen MR) is 87.0 cm³/mol. The van der Waals surface area contributed by atoms with Crippen molar-refractivity contribution in [3.63, 3.8) is 0 Å². The molecule has 0 saturated heterocycles. The topological polar surface area (TPSA) is 46.3 Å². The lowest BCUT2D eigenvalue weighted by Gasteiger charge is -2.26. The van der Waals surface area contributed by atoms with Crippen molar-refractivity contribution < 1.29 is 4.79 Å². The molecule has 1 saturated carbocycles. The largest absolute Gasteiger partial charge is 0.344 e. The number of amides is 1. The molecular weight excluding hydrogens is 260 g/mol. The van der Waals surface area contributed by atoms with E-state index in [0.717, 1.165) is 19.4 Å². The van der Waals surface area contributed by atoms with E-state index in [1.165, 1.54) is 37.7 Å². The number of carbonyl (C=O) groups excluding carboxylic acids is 1.